The van der Waals surface area contributed by atoms with Crippen molar-refractivity contribution in [1.29, 1.82) is 0 Å². The zero-order valence-corrected chi connectivity index (χ0v) is 14.4. The molecule has 0 spiro atoms. The Balaban J connectivity index is 2.18. The van der Waals surface area contributed by atoms with Crippen molar-refractivity contribution in [3.05, 3.63) is 42.0 Å². The van der Waals surface area contributed by atoms with Crippen LogP contribution in [0.25, 0.3) is 0 Å². The molecule has 8 heteroatoms. The minimum absolute atomic E-state index is 0.0344. The molecule has 0 fully saturated rings. The number of hydrogen-bond acceptors (Lipinski definition) is 4. The standard InChI is InChI=1S/C17H21F2N3O3/c1-4-24-13-7-6-12(10-14(13)25-5-2)16(23)21(3)11-15-20-8-9-22(15)17(18)19/h6-10,17H,4-5,11H2,1-3H3. The van der Waals surface area contributed by atoms with E-state index in [1.165, 1.54) is 24.3 Å². The highest BCUT2D eigenvalue weighted by Gasteiger charge is 2.19. The normalized spacial score (nSPS) is 10.8. The zero-order chi connectivity index (χ0) is 18.4. The van der Waals surface area contributed by atoms with Crippen LogP contribution in [0, 0.1) is 0 Å². The summed E-state index contributed by atoms with van der Waals surface area (Å²) in [5.41, 5.74) is 0.379. The molecule has 0 saturated heterocycles. The number of halogens is 2. The lowest BCUT2D eigenvalue weighted by Crippen LogP contribution is -2.28. The van der Waals surface area contributed by atoms with E-state index in [1.54, 1.807) is 18.2 Å². The van der Waals surface area contributed by atoms with Gasteiger partial charge in [0.2, 0.25) is 0 Å². The van der Waals surface area contributed by atoms with Gasteiger partial charge in [0.05, 0.1) is 19.8 Å². The molecule has 0 aliphatic rings. The number of rotatable bonds is 8. The second-order valence-corrected chi connectivity index (χ2v) is 5.22. The van der Waals surface area contributed by atoms with Crippen molar-refractivity contribution in [2.75, 3.05) is 20.3 Å². The summed E-state index contributed by atoms with van der Waals surface area (Å²) < 4.78 is 37.5. The predicted octanol–water partition coefficient (Wildman–Crippen LogP) is 3.35. The first-order chi connectivity index (χ1) is 12.0. The van der Waals surface area contributed by atoms with Crippen molar-refractivity contribution in [1.82, 2.24) is 14.5 Å². The SMILES string of the molecule is CCOc1ccc(C(=O)N(C)Cc2nccn2C(F)F)cc1OCC. The number of nitrogens with zero attached hydrogens (tertiary/aromatic N) is 3. The predicted molar refractivity (Wildman–Crippen MR) is 88.1 cm³/mol. The van der Waals surface area contributed by atoms with Gasteiger partial charge in [0.25, 0.3) is 5.91 Å². The van der Waals surface area contributed by atoms with E-state index in [2.05, 4.69) is 4.98 Å². The molecule has 0 aliphatic heterocycles. The van der Waals surface area contributed by atoms with Gasteiger partial charge >= 0.3 is 6.55 Å². The lowest BCUT2D eigenvalue weighted by atomic mass is 10.1. The van der Waals surface area contributed by atoms with Crippen LogP contribution in [0.15, 0.2) is 30.6 Å². The third kappa shape index (κ3) is 4.46. The van der Waals surface area contributed by atoms with Gasteiger partial charge in [0.1, 0.15) is 5.82 Å². The van der Waals surface area contributed by atoms with Crippen LogP contribution < -0.4 is 9.47 Å². The molecule has 0 saturated carbocycles. The van der Waals surface area contributed by atoms with E-state index in [1.807, 2.05) is 13.8 Å². The molecule has 2 rings (SSSR count). The van der Waals surface area contributed by atoms with Crippen LogP contribution in [-0.4, -0.2) is 40.6 Å². The van der Waals surface area contributed by atoms with Gasteiger partial charge < -0.3 is 14.4 Å². The van der Waals surface area contributed by atoms with Crippen LogP contribution in [0.3, 0.4) is 0 Å². The first kappa shape index (κ1) is 18.7. The first-order valence-corrected chi connectivity index (χ1v) is 7.92. The number of aromatic nitrogens is 2. The van der Waals surface area contributed by atoms with E-state index >= 15 is 0 Å². The molecule has 1 aromatic carbocycles. The van der Waals surface area contributed by atoms with E-state index < -0.39 is 6.55 Å². The van der Waals surface area contributed by atoms with Gasteiger partial charge in [-0.2, -0.15) is 8.78 Å². The first-order valence-electron chi connectivity index (χ1n) is 7.92. The number of hydrogen-bond donors (Lipinski definition) is 0. The Morgan fingerprint density at radius 3 is 2.56 bits per heavy atom. The van der Waals surface area contributed by atoms with E-state index in [0.29, 0.717) is 30.3 Å². The highest BCUT2D eigenvalue weighted by atomic mass is 19.3. The third-order valence-corrected chi connectivity index (χ3v) is 3.47. The number of carbonyl (C=O) groups is 1. The summed E-state index contributed by atoms with van der Waals surface area (Å²) in [6.45, 7) is 1.86. The Kier molecular flexibility index (Phi) is 6.32. The van der Waals surface area contributed by atoms with Crippen molar-refractivity contribution in [2.24, 2.45) is 0 Å². The van der Waals surface area contributed by atoms with Crippen LogP contribution in [-0.2, 0) is 6.54 Å². The van der Waals surface area contributed by atoms with Gasteiger partial charge in [-0.15, -0.1) is 0 Å². The van der Waals surface area contributed by atoms with Gasteiger partial charge in [-0.05, 0) is 32.0 Å². The molecule has 136 valence electrons. The van der Waals surface area contributed by atoms with Crippen molar-refractivity contribution in [3.63, 3.8) is 0 Å². The molecule has 0 atom stereocenters. The second kappa shape index (κ2) is 8.46. The summed E-state index contributed by atoms with van der Waals surface area (Å²) in [6, 6.07) is 4.87. The lowest BCUT2D eigenvalue weighted by Gasteiger charge is -2.19. The third-order valence-electron chi connectivity index (χ3n) is 3.47. The smallest absolute Gasteiger partial charge is 0.319 e. The fourth-order valence-electron chi connectivity index (χ4n) is 2.33. The van der Waals surface area contributed by atoms with Crippen molar-refractivity contribution in [3.8, 4) is 11.5 Å². The topological polar surface area (TPSA) is 56.6 Å². The molecule has 2 aromatic rings. The maximum Gasteiger partial charge on any atom is 0.319 e. The molecular weight excluding hydrogens is 332 g/mol. The lowest BCUT2D eigenvalue weighted by molar-refractivity contribution is 0.0612. The molecule has 0 bridgehead atoms. The maximum absolute atomic E-state index is 12.9. The Morgan fingerprint density at radius 2 is 1.92 bits per heavy atom. The Hall–Kier alpha value is -2.64. The van der Waals surface area contributed by atoms with Crippen molar-refractivity contribution >= 4 is 5.91 Å². The Labute approximate surface area is 145 Å². The molecular formula is C17H21F2N3O3. The minimum Gasteiger partial charge on any atom is -0.490 e. The summed E-state index contributed by atoms with van der Waals surface area (Å²) >= 11 is 0. The number of imidazole rings is 1. The second-order valence-electron chi connectivity index (χ2n) is 5.22. The summed E-state index contributed by atoms with van der Waals surface area (Å²) in [7, 11) is 1.53. The molecule has 1 aromatic heterocycles. The maximum atomic E-state index is 12.9. The van der Waals surface area contributed by atoms with Gasteiger partial charge in [0, 0.05) is 25.0 Å². The summed E-state index contributed by atoms with van der Waals surface area (Å²) in [5.74, 6) is 0.809. The zero-order valence-electron chi connectivity index (χ0n) is 14.4. The van der Waals surface area contributed by atoms with Crippen LogP contribution in [0.2, 0.25) is 0 Å². The van der Waals surface area contributed by atoms with Crippen molar-refractivity contribution < 1.29 is 23.0 Å². The summed E-state index contributed by atoms with van der Waals surface area (Å²) in [4.78, 5) is 17.8. The van der Waals surface area contributed by atoms with Crippen molar-refractivity contribution in [2.45, 2.75) is 26.9 Å². The number of alkyl halides is 2. The molecule has 0 radical (unpaired) electrons. The number of amides is 1. The fraction of sp³-hybridized carbons (Fsp3) is 0.412. The number of benzene rings is 1. The molecule has 25 heavy (non-hydrogen) atoms. The molecule has 6 nitrogen and oxygen atoms in total. The highest BCUT2D eigenvalue weighted by Crippen LogP contribution is 2.29. The van der Waals surface area contributed by atoms with E-state index in [0.717, 1.165) is 4.57 Å². The molecule has 0 unspecified atom stereocenters. The molecule has 0 N–H and O–H groups in total. The Bertz CT molecular complexity index is 719. The quantitative estimate of drug-likeness (QED) is 0.730. The number of carbonyl (C=O) groups excluding carboxylic acids is 1. The van der Waals surface area contributed by atoms with E-state index in [-0.39, 0.29) is 18.3 Å². The van der Waals surface area contributed by atoms with Gasteiger partial charge in [0.15, 0.2) is 11.5 Å². The largest absolute Gasteiger partial charge is 0.490 e. The average Bonchev–Trinajstić information content (AvgIpc) is 3.04. The minimum atomic E-state index is -2.70. The van der Waals surface area contributed by atoms with Crippen LogP contribution >= 0.6 is 0 Å². The highest BCUT2D eigenvalue weighted by molar-refractivity contribution is 5.94. The number of ether oxygens (including phenoxy) is 2. The summed E-state index contributed by atoms with van der Waals surface area (Å²) in [5, 5.41) is 0. The summed E-state index contributed by atoms with van der Waals surface area (Å²) in [6.07, 6.45) is 2.46. The molecule has 1 heterocycles. The monoisotopic (exact) mass is 353 g/mol. The van der Waals surface area contributed by atoms with E-state index in [4.69, 9.17) is 9.47 Å². The van der Waals surface area contributed by atoms with E-state index in [9.17, 15) is 13.6 Å². The van der Waals surface area contributed by atoms with Crippen LogP contribution in [0.1, 0.15) is 36.6 Å². The van der Waals surface area contributed by atoms with Gasteiger partial charge in [-0.1, -0.05) is 0 Å². The van der Waals surface area contributed by atoms with Crippen LogP contribution in [0.5, 0.6) is 11.5 Å². The van der Waals surface area contributed by atoms with Crippen LogP contribution in [0.4, 0.5) is 8.78 Å². The Morgan fingerprint density at radius 1 is 1.24 bits per heavy atom. The van der Waals surface area contributed by atoms with Gasteiger partial charge in [-0.25, -0.2) is 4.98 Å². The fourth-order valence-corrected chi connectivity index (χ4v) is 2.33. The molecule has 1 amide bonds. The van der Waals surface area contributed by atoms with Gasteiger partial charge in [-0.3, -0.25) is 9.36 Å². The molecule has 0 aliphatic carbocycles. The average molecular weight is 353 g/mol.